The van der Waals surface area contributed by atoms with Gasteiger partial charge in [0, 0.05) is 17.4 Å². The molecule has 0 saturated carbocycles. The Morgan fingerprint density at radius 2 is 1.80 bits per heavy atom. The number of carboxylic acid groups (broad SMARTS) is 1. The summed E-state index contributed by atoms with van der Waals surface area (Å²) >= 11 is 0. The van der Waals surface area contributed by atoms with Crippen LogP contribution >= 0.6 is 0 Å². The molecule has 0 atom stereocenters. The molecular weight excluding hydrogens is 312 g/mol. The molecule has 3 rings (SSSR count). The molecule has 0 unspecified atom stereocenters. The quantitative estimate of drug-likeness (QED) is 0.671. The number of carboxylic acids is 1. The molecule has 1 heterocycles. The fraction of sp³-hybridized carbons (Fsp3) is 0.286. The molecule has 0 aliphatic heterocycles. The Balaban J connectivity index is 2.01. The Morgan fingerprint density at radius 1 is 1.08 bits per heavy atom. The molecule has 0 bridgehead atoms. The number of H-pyrrole nitrogens is 1. The van der Waals surface area contributed by atoms with E-state index in [9.17, 15) is 9.90 Å². The van der Waals surface area contributed by atoms with Crippen molar-refractivity contribution in [3.8, 4) is 11.3 Å². The summed E-state index contributed by atoms with van der Waals surface area (Å²) in [6.07, 6.45) is 0.919. The van der Waals surface area contributed by atoms with Crippen LogP contribution in [0.3, 0.4) is 0 Å². The number of rotatable bonds is 7. The molecule has 2 aromatic carbocycles. The normalized spacial score (nSPS) is 11.3. The third-order valence-corrected chi connectivity index (χ3v) is 4.75. The molecule has 0 spiro atoms. The van der Waals surface area contributed by atoms with Crippen molar-refractivity contribution in [3.05, 3.63) is 59.7 Å². The van der Waals surface area contributed by atoms with E-state index in [-0.39, 0.29) is 0 Å². The highest BCUT2D eigenvalue weighted by molar-refractivity contribution is 6.09. The third kappa shape index (κ3) is 3.59. The van der Waals surface area contributed by atoms with Gasteiger partial charge >= 0.3 is 5.97 Å². The van der Waals surface area contributed by atoms with Crippen LogP contribution in [0.2, 0.25) is 0 Å². The van der Waals surface area contributed by atoms with Crippen LogP contribution in [0, 0.1) is 0 Å². The molecule has 4 heteroatoms. The lowest BCUT2D eigenvalue weighted by atomic mass is 10.0. The highest BCUT2D eigenvalue weighted by atomic mass is 16.4. The number of nitrogens with zero attached hydrogens (tertiary/aromatic N) is 1. The van der Waals surface area contributed by atoms with Gasteiger partial charge in [0.15, 0.2) is 0 Å². The van der Waals surface area contributed by atoms with Crippen molar-refractivity contribution >= 4 is 16.9 Å². The molecule has 0 radical (unpaired) electrons. The topological polar surface area (TPSA) is 56.3 Å². The largest absolute Gasteiger partial charge is 0.478 e. The van der Waals surface area contributed by atoms with Gasteiger partial charge < -0.3 is 15.0 Å². The maximum absolute atomic E-state index is 11.9. The van der Waals surface area contributed by atoms with Crippen LogP contribution in [0.25, 0.3) is 22.2 Å². The molecule has 0 amide bonds. The van der Waals surface area contributed by atoms with E-state index in [1.54, 1.807) is 0 Å². The van der Waals surface area contributed by atoms with Gasteiger partial charge in [-0.25, -0.2) is 4.79 Å². The minimum atomic E-state index is -0.897. The zero-order chi connectivity index (χ0) is 17.8. The smallest absolute Gasteiger partial charge is 0.338 e. The van der Waals surface area contributed by atoms with Gasteiger partial charge in [-0.3, -0.25) is 0 Å². The molecule has 130 valence electrons. The fourth-order valence-electron chi connectivity index (χ4n) is 3.27. The molecule has 1 aromatic heterocycles. The molecule has 4 nitrogen and oxygen atoms in total. The molecule has 0 aliphatic rings. The number of benzene rings is 2. The Hall–Kier alpha value is -2.59. The lowest BCUT2D eigenvalue weighted by molar-refractivity contribution is 0.0700. The average Bonchev–Trinajstić information content (AvgIpc) is 3.02. The molecule has 25 heavy (non-hydrogen) atoms. The van der Waals surface area contributed by atoms with Crippen LogP contribution < -0.4 is 0 Å². The first-order valence-corrected chi connectivity index (χ1v) is 8.79. The van der Waals surface area contributed by atoms with E-state index in [0.29, 0.717) is 11.3 Å². The summed E-state index contributed by atoms with van der Waals surface area (Å²) in [4.78, 5) is 17.6. The van der Waals surface area contributed by atoms with Crippen LogP contribution in [-0.2, 0) is 6.42 Å². The van der Waals surface area contributed by atoms with E-state index in [4.69, 9.17) is 0 Å². The highest BCUT2D eigenvalue weighted by Crippen LogP contribution is 2.31. The van der Waals surface area contributed by atoms with Crippen LogP contribution in [0.15, 0.2) is 48.5 Å². The predicted octanol–water partition coefficient (Wildman–Crippen LogP) is 4.42. The molecule has 0 aliphatic carbocycles. The lowest BCUT2D eigenvalue weighted by Crippen LogP contribution is -2.25. The minimum absolute atomic E-state index is 0.353. The summed E-state index contributed by atoms with van der Waals surface area (Å²) in [7, 11) is 0. The Bertz CT molecular complexity index is 864. The van der Waals surface area contributed by atoms with Crippen molar-refractivity contribution in [1.82, 2.24) is 9.88 Å². The van der Waals surface area contributed by atoms with Crippen LogP contribution in [0.1, 0.15) is 29.8 Å². The van der Waals surface area contributed by atoms with E-state index in [0.717, 1.165) is 42.5 Å². The van der Waals surface area contributed by atoms with Crippen molar-refractivity contribution in [2.75, 3.05) is 19.6 Å². The van der Waals surface area contributed by atoms with Gasteiger partial charge in [0.25, 0.3) is 0 Å². The number of aromatic nitrogens is 1. The first kappa shape index (κ1) is 17.2. The maximum Gasteiger partial charge on any atom is 0.338 e. The summed E-state index contributed by atoms with van der Waals surface area (Å²) in [5, 5.41) is 10.6. The Kier molecular flexibility index (Phi) is 5.19. The number of hydrogen-bond acceptors (Lipinski definition) is 2. The van der Waals surface area contributed by atoms with Crippen molar-refractivity contribution in [2.24, 2.45) is 0 Å². The lowest BCUT2D eigenvalue weighted by Gasteiger charge is -2.17. The average molecular weight is 336 g/mol. The number of likely N-dealkylation sites (N-methyl/N-ethyl adjacent to an activating group) is 1. The number of nitrogens with one attached hydrogen (secondary N) is 1. The van der Waals surface area contributed by atoms with E-state index in [2.05, 4.69) is 29.8 Å². The van der Waals surface area contributed by atoms with Gasteiger partial charge in [0.1, 0.15) is 0 Å². The molecular formula is C21H24N2O2. The number of hydrogen-bond donors (Lipinski definition) is 2. The number of aromatic carboxylic acids is 1. The number of aromatic amines is 1. The van der Waals surface area contributed by atoms with Gasteiger partial charge in [-0.15, -0.1) is 0 Å². The minimum Gasteiger partial charge on any atom is -0.478 e. The van der Waals surface area contributed by atoms with Gasteiger partial charge in [-0.05, 0) is 42.8 Å². The number of fused-ring (bicyclic) bond motifs is 1. The summed E-state index contributed by atoms with van der Waals surface area (Å²) in [6, 6.07) is 15.7. The second-order valence-electron chi connectivity index (χ2n) is 6.20. The van der Waals surface area contributed by atoms with E-state index >= 15 is 0 Å². The van der Waals surface area contributed by atoms with Crippen molar-refractivity contribution in [3.63, 3.8) is 0 Å². The predicted molar refractivity (Wildman–Crippen MR) is 102 cm³/mol. The summed E-state index contributed by atoms with van der Waals surface area (Å²) < 4.78 is 0. The molecule has 0 saturated heterocycles. The fourth-order valence-corrected chi connectivity index (χ4v) is 3.27. The second kappa shape index (κ2) is 7.53. The zero-order valence-electron chi connectivity index (χ0n) is 14.7. The van der Waals surface area contributed by atoms with E-state index in [1.807, 2.05) is 42.5 Å². The van der Waals surface area contributed by atoms with Crippen molar-refractivity contribution in [2.45, 2.75) is 20.3 Å². The third-order valence-electron chi connectivity index (χ3n) is 4.75. The van der Waals surface area contributed by atoms with Crippen LogP contribution in [0.4, 0.5) is 0 Å². The number of carbonyl (C=O) groups is 1. The van der Waals surface area contributed by atoms with E-state index in [1.165, 1.54) is 5.56 Å². The molecule has 0 fully saturated rings. The summed E-state index contributed by atoms with van der Waals surface area (Å²) in [5.74, 6) is -0.897. The zero-order valence-corrected chi connectivity index (χ0v) is 14.7. The van der Waals surface area contributed by atoms with Crippen molar-refractivity contribution in [1.29, 1.82) is 0 Å². The summed E-state index contributed by atoms with van der Waals surface area (Å²) in [6.45, 7) is 7.36. The maximum atomic E-state index is 11.9. The van der Waals surface area contributed by atoms with Gasteiger partial charge in [-0.2, -0.15) is 0 Å². The molecule has 2 N–H and O–H groups in total. The van der Waals surface area contributed by atoms with Gasteiger partial charge in [0.05, 0.1) is 11.3 Å². The highest BCUT2D eigenvalue weighted by Gasteiger charge is 2.19. The monoisotopic (exact) mass is 336 g/mol. The van der Waals surface area contributed by atoms with Gasteiger partial charge in [0.2, 0.25) is 0 Å². The standard InChI is InChI=1S/C21H24N2O2/c1-3-23(4-2)13-12-15-10-11-18-17(14-15)19(21(24)25)20(22-18)16-8-6-5-7-9-16/h5-11,14,22H,3-4,12-13H2,1-2H3,(H,24,25). The Morgan fingerprint density at radius 3 is 2.44 bits per heavy atom. The second-order valence-corrected chi connectivity index (χ2v) is 6.20. The van der Waals surface area contributed by atoms with Crippen LogP contribution in [0.5, 0.6) is 0 Å². The van der Waals surface area contributed by atoms with Gasteiger partial charge in [-0.1, -0.05) is 50.2 Å². The Labute approximate surface area is 148 Å². The van der Waals surface area contributed by atoms with Crippen molar-refractivity contribution < 1.29 is 9.90 Å². The summed E-state index contributed by atoms with van der Waals surface area (Å²) in [5.41, 5.74) is 3.94. The SMILES string of the molecule is CCN(CC)CCc1ccc2[nH]c(-c3ccccc3)c(C(=O)O)c2c1. The molecule has 3 aromatic rings. The van der Waals surface area contributed by atoms with E-state index < -0.39 is 5.97 Å². The first-order chi connectivity index (χ1) is 12.1. The first-order valence-electron chi connectivity index (χ1n) is 8.79. The van der Waals surface area contributed by atoms with Crippen LogP contribution in [-0.4, -0.2) is 40.6 Å².